The molecule has 1 atom stereocenters. The summed E-state index contributed by atoms with van der Waals surface area (Å²) in [6, 6.07) is 9.65. The number of rotatable bonds is 3. The van der Waals surface area contributed by atoms with Crippen molar-refractivity contribution in [3.05, 3.63) is 54.1 Å². The quantitative estimate of drug-likeness (QED) is 0.717. The molecule has 27 heavy (non-hydrogen) atoms. The van der Waals surface area contributed by atoms with Crippen LogP contribution in [0, 0.1) is 0 Å². The lowest BCUT2D eigenvalue weighted by Gasteiger charge is -2.31. The van der Waals surface area contributed by atoms with Gasteiger partial charge in [-0.15, -0.1) is 0 Å². The Morgan fingerprint density at radius 1 is 1.33 bits per heavy atom. The molecule has 136 valence electrons. The molecule has 1 saturated heterocycles. The first-order valence-electron chi connectivity index (χ1n) is 8.97. The molecule has 0 aliphatic carbocycles. The SMILES string of the molecule is [B]c1nc([C@@H]2CCCN(C(=O)OCc3ccccc3)C2)n2ccnc(N)c12. The van der Waals surface area contributed by atoms with E-state index in [4.69, 9.17) is 18.3 Å². The average Bonchev–Trinajstić information content (AvgIpc) is 3.05. The molecule has 8 heteroatoms. The zero-order chi connectivity index (χ0) is 18.8. The number of carbonyl (C=O) groups is 1. The van der Waals surface area contributed by atoms with Gasteiger partial charge in [-0.2, -0.15) is 0 Å². The number of ether oxygens (including phenoxy) is 1. The predicted molar refractivity (Wildman–Crippen MR) is 103 cm³/mol. The minimum Gasteiger partial charge on any atom is -0.445 e. The second-order valence-electron chi connectivity index (χ2n) is 6.71. The van der Waals surface area contributed by atoms with E-state index in [0.29, 0.717) is 30.0 Å². The Labute approximate surface area is 158 Å². The predicted octanol–water partition coefficient (Wildman–Crippen LogP) is 1.62. The fraction of sp³-hybridized carbons (Fsp3) is 0.316. The van der Waals surface area contributed by atoms with Crippen LogP contribution in [0.4, 0.5) is 10.6 Å². The van der Waals surface area contributed by atoms with Gasteiger partial charge in [-0.25, -0.2) is 14.8 Å². The lowest BCUT2D eigenvalue weighted by Crippen LogP contribution is -2.39. The van der Waals surface area contributed by atoms with Crippen LogP contribution in [-0.4, -0.2) is 46.3 Å². The first-order chi connectivity index (χ1) is 13.1. The summed E-state index contributed by atoms with van der Waals surface area (Å²) in [4.78, 5) is 22.8. The molecular formula is C19H20BN5O2. The maximum Gasteiger partial charge on any atom is 0.410 e. The van der Waals surface area contributed by atoms with Crippen LogP contribution < -0.4 is 11.3 Å². The standard InChI is InChI=1S/C19H20BN5O2/c20-16-15-17(21)22-8-10-25(15)18(23-16)14-7-4-9-24(11-14)19(26)27-12-13-5-2-1-3-6-13/h1-3,5-6,8,10,14H,4,7,9,11-12H2,(H2,21,22)/t14-/m1/s1. The van der Waals surface area contributed by atoms with Crippen molar-refractivity contribution in [3.63, 3.8) is 0 Å². The van der Waals surface area contributed by atoms with E-state index in [1.54, 1.807) is 17.3 Å². The summed E-state index contributed by atoms with van der Waals surface area (Å²) in [5.74, 6) is 1.22. The van der Waals surface area contributed by atoms with Crippen molar-refractivity contribution in [2.45, 2.75) is 25.4 Å². The number of aromatic nitrogens is 3. The molecule has 0 unspecified atom stereocenters. The van der Waals surface area contributed by atoms with Crippen molar-refractivity contribution in [1.82, 2.24) is 19.3 Å². The average molecular weight is 361 g/mol. The molecule has 1 fully saturated rings. The number of imidazole rings is 1. The third-order valence-corrected chi connectivity index (χ3v) is 4.89. The summed E-state index contributed by atoms with van der Waals surface area (Å²) >= 11 is 0. The van der Waals surface area contributed by atoms with Gasteiger partial charge in [0.1, 0.15) is 26.1 Å². The van der Waals surface area contributed by atoms with Crippen LogP contribution in [0.1, 0.15) is 30.1 Å². The van der Waals surface area contributed by atoms with Gasteiger partial charge in [0.05, 0.1) is 5.52 Å². The highest BCUT2D eigenvalue weighted by atomic mass is 16.6. The van der Waals surface area contributed by atoms with Gasteiger partial charge in [0.25, 0.3) is 0 Å². The Kier molecular flexibility index (Phi) is 4.70. The van der Waals surface area contributed by atoms with Crippen molar-refractivity contribution >= 4 is 30.9 Å². The largest absolute Gasteiger partial charge is 0.445 e. The van der Waals surface area contributed by atoms with Crippen LogP contribution in [0.25, 0.3) is 5.52 Å². The van der Waals surface area contributed by atoms with Gasteiger partial charge in [-0.05, 0) is 18.4 Å². The fourth-order valence-corrected chi connectivity index (χ4v) is 3.57. The molecule has 4 rings (SSSR count). The highest BCUT2D eigenvalue weighted by molar-refractivity contribution is 6.36. The zero-order valence-electron chi connectivity index (χ0n) is 14.9. The molecule has 2 N–H and O–H groups in total. The van der Waals surface area contributed by atoms with Crippen LogP contribution in [-0.2, 0) is 11.3 Å². The summed E-state index contributed by atoms with van der Waals surface area (Å²) in [5, 5.41) is 0. The highest BCUT2D eigenvalue weighted by Gasteiger charge is 2.29. The van der Waals surface area contributed by atoms with E-state index < -0.39 is 0 Å². The van der Waals surface area contributed by atoms with Crippen molar-refractivity contribution in [1.29, 1.82) is 0 Å². The molecule has 1 aliphatic heterocycles. The monoisotopic (exact) mass is 361 g/mol. The van der Waals surface area contributed by atoms with Crippen molar-refractivity contribution in [3.8, 4) is 0 Å². The minimum atomic E-state index is -0.307. The van der Waals surface area contributed by atoms with Gasteiger partial charge in [0, 0.05) is 37.0 Å². The van der Waals surface area contributed by atoms with E-state index in [9.17, 15) is 4.79 Å². The normalized spacial score (nSPS) is 17.2. The zero-order valence-corrected chi connectivity index (χ0v) is 14.9. The Bertz CT molecular complexity index is 959. The molecule has 0 bridgehead atoms. The molecule has 1 amide bonds. The van der Waals surface area contributed by atoms with Crippen LogP contribution in [0.2, 0.25) is 0 Å². The number of anilines is 1. The van der Waals surface area contributed by atoms with Crippen LogP contribution in [0.3, 0.4) is 0 Å². The first kappa shape index (κ1) is 17.4. The Morgan fingerprint density at radius 3 is 2.96 bits per heavy atom. The third-order valence-electron chi connectivity index (χ3n) is 4.89. The molecule has 3 aromatic rings. The number of benzene rings is 1. The lowest BCUT2D eigenvalue weighted by molar-refractivity contribution is 0.0853. The molecule has 1 aromatic carbocycles. The number of nitrogen functional groups attached to an aromatic ring is 1. The highest BCUT2D eigenvalue weighted by Crippen LogP contribution is 2.27. The molecule has 2 radical (unpaired) electrons. The number of nitrogens with two attached hydrogens (primary N) is 1. The van der Waals surface area contributed by atoms with E-state index in [0.717, 1.165) is 24.2 Å². The summed E-state index contributed by atoms with van der Waals surface area (Å²) in [7, 11) is 6.03. The molecular weight excluding hydrogens is 341 g/mol. The van der Waals surface area contributed by atoms with Gasteiger partial charge >= 0.3 is 6.09 Å². The second kappa shape index (κ2) is 7.30. The molecule has 7 nitrogen and oxygen atoms in total. The number of fused-ring (bicyclic) bond motifs is 1. The minimum absolute atomic E-state index is 0.0645. The lowest BCUT2D eigenvalue weighted by atomic mass is 9.97. The maximum atomic E-state index is 12.5. The summed E-state index contributed by atoms with van der Waals surface area (Å²) < 4.78 is 7.34. The number of hydrogen-bond donors (Lipinski definition) is 1. The number of nitrogens with zero attached hydrogens (tertiary/aromatic N) is 4. The molecule has 0 saturated carbocycles. The van der Waals surface area contributed by atoms with Crippen LogP contribution >= 0.6 is 0 Å². The molecule has 1 aliphatic rings. The molecule has 3 heterocycles. The van der Waals surface area contributed by atoms with Gasteiger partial charge < -0.3 is 15.4 Å². The van der Waals surface area contributed by atoms with Gasteiger partial charge in [0.15, 0.2) is 0 Å². The Balaban J connectivity index is 1.48. The summed E-state index contributed by atoms with van der Waals surface area (Å²) in [6.07, 6.45) is 4.92. The van der Waals surface area contributed by atoms with Gasteiger partial charge in [-0.3, -0.25) is 4.40 Å². The van der Waals surface area contributed by atoms with E-state index in [2.05, 4.69) is 9.97 Å². The summed E-state index contributed by atoms with van der Waals surface area (Å²) in [5.41, 5.74) is 7.88. The van der Waals surface area contributed by atoms with Gasteiger partial charge in [-0.1, -0.05) is 30.3 Å². The molecule has 2 aromatic heterocycles. The Hall–Kier alpha value is -3.03. The number of likely N-dealkylation sites (tertiary alicyclic amines) is 1. The Morgan fingerprint density at radius 2 is 2.15 bits per heavy atom. The fourth-order valence-electron chi connectivity index (χ4n) is 3.57. The third kappa shape index (κ3) is 3.47. The van der Waals surface area contributed by atoms with Crippen molar-refractivity contribution < 1.29 is 9.53 Å². The second-order valence-corrected chi connectivity index (χ2v) is 6.71. The number of amides is 1. The van der Waals surface area contributed by atoms with Crippen LogP contribution in [0.15, 0.2) is 42.7 Å². The van der Waals surface area contributed by atoms with Gasteiger partial charge in [0.2, 0.25) is 0 Å². The van der Waals surface area contributed by atoms with E-state index in [1.165, 1.54) is 0 Å². The summed E-state index contributed by atoms with van der Waals surface area (Å²) in [6.45, 7) is 1.48. The van der Waals surface area contributed by atoms with E-state index in [1.807, 2.05) is 34.7 Å². The van der Waals surface area contributed by atoms with Crippen molar-refractivity contribution in [2.75, 3.05) is 18.8 Å². The molecule has 0 spiro atoms. The van der Waals surface area contributed by atoms with Crippen LogP contribution in [0.5, 0.6) is 0 Å². The smallest absolute Gasteiger partial charge is 0.410 e. The maximum absolute atomic E-state index is 12.5. The van der Waals surface area contributed by atoms with E-state index in [-0.39, 0.29) is 18.6 Å². The van der Waals surface area contributed by atoms with E-state index >= 15 is 0 Å². The van der Waals surface area contributed by atoms with Crippen molar-refractivity contribution in [2.24, 2.45) is 0 Å². The number of hydrogen-bond acceptors (Lipinski definition) is 5. The number of carbonyl (C=O) groups excluding carboxylic acids is 1. The first-order valence-corrected chi connectivity index (χ1v) is 8.97. The number of piperidine rings is 1. The topological polar surface area (TPSA) is 85.8 Å².